The highest BCUT2D eigenvalue weighted by Crippen LogP contribution is 2.36. The summed E-state index contributed by atoms with van der Waals surface area (Å²) in [6, 6.07) is 21.5. The first-order chi connectivity index (χ1) is 36.9. The van der Waals surface area contributed by atoms with Crippen molar-refractivity contribution in [2.75, 3.05) is 70.6 Å². The maximum Gasteiger partial charge on any atom is 0.256 e. The van der Waals surface area contributed by atoms with E-state index in [9.17, 15) is 24.3 Å². The molecule has 16 nitrogen and oxygen atoms in total. The molecule has 416 valence electrons. The number of likely N-dealkylation sites (tertiary alicyclic amines) is 1. The van der Waals surface area contributed by atoms with Crippen LogP contribution < -0.4 is 36.5 Å². The van der Waals surface area contributed by atoms with E-state index >= 15 is 0 Å². The summed E-state index contributed by atoms with van der Waals surface area (Å²) in [4.78, 5) is 62.5. The molecular formula is C60H81N7O9S. The Kier molecular flexibility index (Phi) is 20.5. The van der Waals surface area contributed by atoms with E-state index < -0.39 is 29.5 Å². The number of aliphatic hydroxyl groups is 1. The van der Waals surface area contributed by atoms with E-state index in [1.165, 1.54) is 23.3 Å². The number of amides is 3. The lowest BCUT2D eigenvalue weighted by atomic mass is 9.85. The first-order valence-electron chi connectivity index (χ1n) is 27.1. The topological polar surface area (TPSA) is 196 Å². The zero-order valence-corrected chi connectivity index (χ0v) is 47.4. The fourth-order valence-electron chi connectivity index (χ4n) is 10.4. The van der Waals surface area contributed by atoms with Crippen molar-refractivity contribution in [2.24, 2.45) is 5.41 Å². The number of anilines is 1. The summed E-state index contributed by atoms with van der Waals surface area (Å²) < 4.78 is 22.8. The molecule has 3 amide bonds. The van der Waals surface area contributed by atoms with Crippen LogP contribution in [0.5, 0.6) is 5.75 Å². The molecule has 3 aliphatic rings. The van der Waals surface area contributed by atoms with Gasteiger partial charge in [0.15, 0.2) is 0 Å². The highest BCUT2D eigenvalue weighted by molar-refractivity contribution is 8.08. The van der Waals surface area contributed by atoms with Gasteiger partial charge in [0.1, 0.15) is 18.4 Å². The van der Waals surface area contributed by atoms with Crippen LogP contribution in [0.3, 0.4) is 0 Å². The SMILES string of the molecule is C=C(N[C@@H](C)c1ccc(C2=C(C)NCS2)cc1)[C@@H]1C[C@@H](O)CN1C(=O)[C@@H](NC(=O)COCCOCCCc1ccc(-c2cc(C(=O)NCc3c(OC)cc(C)[nH]c3=O)c(C)c(N(CC)C3CCOCC3)c2)cc1)C(C)(C)C. The first-order valence-corrected chi connectivity index (χ1v) is 28.0. The minimum absolute atomic E-state index is 0.00965. The van der Waals surface area contributed by atoms with Crippen LogP contribution in [0.15, 0.2) is 89.5 Å². The Bertz CT molecular complexity index is 2790. The summed E-state index contributed by atoms with van der Waals surface area (Å²) in [7, 11) is 1.51. The normalized spacial score (nSPS) is 17.7. The molecular weight excluding hydrogens is 995 g/mol. The number of methoxy groups -OCH3 is 1. The van der Waals surface area contributed by atoms with Crippen molar-refractivity contribution in [2.45, 2.75) is 124 Å². The third-order valence-corrected chi connectivity index (χ3v) is 15.9. The van der Waals surface area contributed by atoms with Crippen LogP contribution in [-0.2, 0) is 36.8 Å². The third kappa shape index (κ3) is 15.1. The highest BCUT2D eigenvalue weighted by atomic mass is 32.2. The number of aromatic nitrogens is 1. The molecule has 1 aromatic heterocycles. The van der Waals surface area contributed by atoms with Gasteiger partial charge in [-0.15, -0.1) is 11.8 Å². The van der Waals surface area contributed by atoms with Crippen molar-refractivity contribution in [1.82, 2.24) is 31.2 Å². The Balaban J connectivity index is 0.877. The van der Waals surface area contributed by atoms with Crippen molar-refractivity contribution >= 4 is 40.1 Å². The van der Waals surface area contributed by atoms with Gasteiger partial charge in [0.05, 0.1) is 50.5 Å². The second-order valence-electron chi connectivity index (χ2n) is 21.5. The van der Waals surface area contributed by atoms with Crippen LogP contribution in [0.25, 0.3) is 16.0 Å². The van der Waals surface area contributed by atoms with E-state index in [0.29, 0.717) is 61.1 Å². The molecule has 0 aliphatic carbocycles. The van der Waals surface area contributed by atoms with E-state index in [2.05, 4.69) is 113 Å². The maximum atomic E-state index is 14.3. The summed E-state index contributed by atoms with van der Waals surface area (Å²) >= 11 is 1.79. The minimum atomic E-state index is -0.864. The maximum absolute atomic E-state index is 14.3. The number of carbonyl (C=O) groups excluding carboxylic acids is 3. The van der Waals surface area contributed by atoms with Crippen LogP contribution in [0.4, 0.5) is 5.69 Å². The van der Waals surface area contributed by atoms with E-state index in [1.54, 1.807) is 29.7 Å². The molecule has 3 aliphatic heterocycles. The number of nitrogens with zero attached hydrogens (tertiary/aromatic N) is 2. The Hall–Kier alpha value is -6.11. The van der Waals surface area contributed by atoms with Gasteiger partial charge in [-0.25, -0.2) is 0 Å². The van der Waals surface area contributed by atoms with Gasteiger partial charge in [0, 0.05) is 84.7 Å². The van der Waals surface area contributed by atoms with Gasteiger partial charge in [-0.05, 0) is 117 Å². The van der Waals surface area contributed by atoms with Gasteiger partial charge < -0.3 is 60.1 Å². The molecule has 4 atom stereocenters. The molecule has 0 unspecified atom stereocenters. The van der Waals surface area contributed by atoms with E-state index in [0.717, 1.165) is 71.6 Å². The number of hydrogen-bond donors (Lipinski definition) is 6. The third-order valence-electron chi connectivity index (χ3n) is 14.8. The van der Waals surface area contributed by atoms with Crippen molar-refractivity contribution in [3.63, 3.8) is 0 Å². The summed E-state index contributed by atoms with van der Waals surface area (Å²) in [5.74, 6) is 0.327. The lowest BCUT2D eigenvalue weighted by molar-refractivity contribution is -0.141. The van der Waals surface area contributed by atoms with Gasteiger partial charge in [-0.1, -0.05) is 75.9 Å². The number of hydrogen-bond acceptors (Lipinski definition) is 13. The molecule has 0 spiro atoms. The van der Waals surface area contributed by atoms with Gasteiger partial charge in [0.2, 0.25) is 11.8 Å². The summed E-state index contributed by atoms with van der Waals surface area (Å²) in [6.45, 7) is 23.2. The molecule has 0 saturated carbocycles. The molecule has 4 aromatic rings. The number of β-amino-alcohol motifs (C(OH)–C–C–N with tert-alkyl or cyclic N) is 1. The Morgan fingerprint density at radius 2 is 1.65 bits per heavy atom. The highest BCUT2D eigenvalue weighted by Gasteiger charge is 2.43. The minimum Gasteiger partial charge on any atom is -0.496 e. The van der Waals surface area contributed by atoms with Crippen molar-refractivity contribution < 1.29 is 38.4 Å². The molecule has 0 radical (unpaired) electrons. The van der Waals surface area contributed by atoms with Crippen molar-refractivity contribution in [3.05, 3.63) is 134 Å². The second-order valence-corrected chi connectivity index (χ2v) is 22.5. The Morgan fingerprint density at radius 3 is 2.31 bits per heavy atom. The number of thioether (sulfide) groups is 1. The van der Waals surface area contributed by atoms with Crippen LogP contribution in [0.1, 0.15) is 117 Å². The van der Waals surface area contributed by atoms with E-state index in [4.69, 9.17) is 18.9 Å². The molecule has 6 N–H and O–H groups in total. The van der Waals surface area contributed by atoms with Crippen LogP contribution in [-0.4, -0.2) is 123 Å². The van der Waals surface area contributed by atoms with Gasteiger partial charge >= 0.3 is 0 Å². The van der Waals surface area contributed by atoms with Gasteiger partial charge in [0.25, 0.3) is 11.5 Å². The molecule has 17 heteroatoms. The molecule has 77 heavy (non-hydrogen) atoms. The summed E-state index contributed by atoms with van der Waals surface area (Å²) in [6.07, 6.45) is 2.98. The molecule has 0 bridgehead atoms. The number of carbonyl (C=O) groups is 3. The fraction of sp³-hybridized carbons (Fsp3) is 0.500. The molecule has 2 fully saturated rings. The molecule has 3 aromatic carbocycles. The zero-order valence-electron chi connectivity index (χ0n) is 46.6. The van der Waals surface area contributed by atoms with Crippen molar-refractivity contribution in [3.8, 4) is 16.9 Å². The number of aryl methyl sites for hydroxylation is 2. The number of allylic oxidation sites excluding steroid dienone is 1. The number of aliphatic hydroxyl groups excluding tert-OH is 1. The lowest BCUT2D eigenvalue weighted by Crippen LogP contribution is -2.57. The van der Waals surface area contributed by atoms with E-state index in [-0.39, 0.29) is 55.8 Å². The van der Waals surface area contributed by atoms with Gasteiger partial charge in [-0.3, -0.25) is 19.2 Å². The number of pyridine rings is 1. The largest absolute Gasteiger partial charge is 0.496 e. The molecule has 2 saturated heterocycles. The monoisotopic (exact) mass is 1080 g/mol. The number of rotatable bonds is 24. The number of benzene rings is 3. The van der Waals surface area contributed by atoms with Gasteiger partial charge in [-0.2, -0.15) is 0 Å². The number of ether oxygens (including phenoxy) is 4. The number of H-pyrrole nitrogens is 1. The summed E-state index contributed by atoms with van der Waals surface area (Å²) in [5.41, 5.74) is 9.60. The number of aromatic amines is 1. The first kappa shape index (κ1) is 58.6. The van der Waals surface area contributed by atoms with E-state index in [1.807, 2.05) is 33.8 Å². The Labute approximate surface area is 459 Å². The Morgan fingerprint density at radius 1 is 0.948 bits per heavy atom. The average Bonchev–Trinajstić information content (AvgIpc) is 4.03. The predicted molar refractivity (Wildman–Crippen MR) is 306 cm³/mol. The zero-order chi connectivity index (χ0) is 55.4. The van der Waals surface area contributed by atoms with Crippen LogP contribution >= 0.6 is 11.8 Å². The van der Waals surface area contributed by atoms with Crippen LogP contribution in [0, 0.1) is 19.3 Å². The molecule has 4 heterocycles. The average molecular weight is 1080 g/mol. The molecule has 7 rings (SSSR count). The standard InChI is InChI=1S/C60H81N7O9S/c1-11-66(47-22-25-75-26-23-47)51-31-46(30-49(38(51)3)57(70)61-33-50-53(73-10)29-37(2)63-58(50)71)44-16-14-42(15-17-44)13-12-24-74-27-28-76-35-54(69)65-56(60(7,8)9)59(72)67-34-48(68)32-52(67)40(5)64-39(4)43-18-20-45(21-19-43)55-41(6)62-36-77-55/h14-21,29-31,39,47-48,52,56,62,64,68H,5,11-13,22-28,32-36H2,1-4,6-10H3,(H,61,70)(H,63,71)(H,65,69)/t39-,48+,52-,56+/m0/s1. The smallest absolute Gasteiger partial charge is 0.256 e. The second kappa shape index (κ2) is 27.0. The fourth-order valence-corrected chi connectivity index (χ4v) is 11.5. The van der Waals surface area contributed by atoms with Crippen molar-refractivity contribution in [1.29, 1.82) is 0 Å². The summed E-state index contributed by atoms with van der Waals surface area (Å²) in [5, 5.41) is 23.6. The number of nitrogens with one attached hydrogen (secondary N) is 5. The quantitative estimate of drug-likeness (QED) is 0.0371. The predicted octanol–water partition coefficient (Wildman–Crippen LogP) is 7.91. The lowest BCUT2D eigenvalue weighted by Gasteiger charge is -2.37. The van der Waals surface area contributed by atoms with Crippen LogP contribution in [0.2, 0.25) is 0 Å².